The third-order valence-electron chi connectivity index (χ3n) is 2.76. The van der Waals surface area contributed by atoms with Gasteiger partial charge in [0.15, 0.2) is 0 Å². The number of aromatic hydroxyl groups is 2. The van der Waals surface area contributed by atoms with Crippen molar-refractivity contribution in [3.63, 3.8) is 0 Å². The lowest BCUT2D eigenvalue weighted by molar-refractivity contribution is -0.385. The first-order valence-corrected chi connectivity index (χ1v) is 6.08. The number of nitro groups is 1. The lowest BCUT2D eigenvalue weighted by Gasteiger charge is -2.02. The van der Waals surface area contributed by atoms with Crippen LogP contribution in [0.4, 0.5) is 5.69 Å². The number of hydrazone groups is 1. The minimum atomic E-state index is -0.729. The number of hydrogen-bond donors (Lipinski definition) is 3. The zero-order valence-corrected chi connectivity index (χ0v) is 11.1. The summed E-state index contributed by atoms with van der Waals surface area (Å²) in [6.45, 7) is 0. The summed E-state index contributed by atoms with van der Waals surface area (Å²) in [6.07, 6.45) is 1.07. The van der Waals surface area contributed by atoms with Crippen LogP contribution in [0.25, 0.3) is 0 Å². The SMILES string of the molecule is O=C(N/N=C/c1cccc([N+](=O)[O-])c1O)c1ccccc1O. The first kappa shape index (κ1) is 15.0. The summed E-state index contributed by atoms with van der Waals surface area (Å²) in [5.41, 5.74) is 1.80. The minimum absolute atomic E-state index is 0.0305. The summed E-state index contributed by atoms with van der Waals surface area (Å²) in [6, 6.07) is 9.83. The summed E-state index contributed by atoms with van der Waals surface area (Å²) < 4.78 is 0. The molecule has 8 nitrogen and oxygen atoms in total. The number of hydrogen-bond acceptors (Lipinski definition) is 6. The van der Waals surface area contributed by atoms with Gasteiger partial charge in [-0.1, -0.05) is 18.2 Å². The molecule has 0 fully saturated rings. The first-order valence-electron chi connectivity index (χ1n) is 6.08. The Morgan fingerprint density at radius 3 is 2.59 bits per heavy atom. The first-order chi connectivity index (χ1) is 10.5. The highest BCUT2D eigenvalue weighted by molar-refractivity contribution is 5.97. The van der Waals surface area contributed by atoms with E-state index in [1.54, 1.807) is 12.1 Å². The topological polar surface area (TPSA) is 125 Å². The van der Waals surface area contributed by atoms with Gasteiger partial charge in [0.25, 0.3) is 5.91 Å². The molecular formula is C14H11N3O5. The highest BCUT2D eigenvalue weighted by atomic mass is 16.6. The van der Waals surface area contributed by atoms with E-state index >= 15 is 0 Å². The van der Waals surface area contributed by atoms with Gasteiger partial charge in [0, 0.05) is 11.6 Å². The molecule has 0 aliphatic carbocycles. The van der Waals surface area contributed by atoms with Gasteiger partial charge < -0.3 is 10.2 Å². The average molecular weight is 301 g/mol. The van der Waals surface area contributed by atoms with Crippen molar-refractivity contribution in [1.82, 2.24) is 5.43 Å². The number of nitro benzene ring substituents is 1. The van der Waals surface area contributed by atoms with E-state index in [-0.39, 0.29) is 16.9 Å². The Kier molecular flexibility index (Phi) is 4.33. The molecule has 0 spiro atoms. The molecular weight excluding hydrogens is 290 g/mol. The Bertz CT molecular complexity index is 758. The van der Waals surface area contributed by atoms with E-state index in [2.05, 4.69) is 10.5 Å². The molecule has 0 aromatic heterocycles. The molecule has 2 rings (SSSR count). The quantitative estimate of drug-likeness (QED) is 0.451. The Hall–Kier alpha value is -3.42. The number of amides is 1. The predicted octanol–water partition coefficient (Wildman–Crippen LogP) is 1.77. The number of phenolic OH excluding ortho intramolecular Hbond substituents is 2. The van der Waals surface area contributed by atoms with Crippen LogP contribution in [0.1, 0.15) is 15.9 Å². The second-order valence-corrected chi connectivity index (χ2v) is 4.19. The van der Waals surface area contributed by atoms with Gasteiger partial charge in [-0.3, -0.25) is 14.9 Å². The van der Waals surface area contributed by atoms with Crippen LogP contribution in [-0.4, -0.2) is 27.3 Å². The molecule has 0 heterocycles. The van der Waals surface area contributed by atoms with Crippen LogP contribution >= 0.6 is 0 Å². The maximum Gasteiger partial charge on any atom is 0.311 e. The van der Waals surface area contributed by atoms with Crippen molar-refractivity contribution >= 4 is 17.8 Å². The zero-order chi connectivity index (χ0) is 16.1. The van der Waals surface area contributed by atoms with Gasteiger partial charge in [0.1, 0.15) is 5.75 Å². The van der Waals surface area contributed by atoms with Crippen LogP contribution < -0.4 is 5.43 Å². The van der Waals surface area contributed by atoms with Crippen LogP contribution in [0, 0.1) is 10.1 Å². The molecule has 3 N–H and O–H groups in total. The van der Waals surface area contributed by atoms with Crippen LogP contribution in [-0.2, 0) is 0 Å². The molecule has 0 aliphatic rings. The van der Waals surface area contributed by atoms with E-state index in [1.165, 1.54) is 24.3 Å². The van der Waals surface area contributed by atoms with Crippen LogP contribution in [0.3, 0.4) is 0 Å². The summed E-state index contributed by atoms with van der Waals surface area (Å²) >= 11 is 0. The normalized spacial score (nSPS) is 10.5. The summed E-state index contributed by atoms with van der Waals surface area (Å²) in [5.74, 6) is -1.40. The molecule has 2 aromatic carbocycles. The Balaban J connectivity index is 2.14. The lowest BCUT2D eigenvalue weighted by Crippen LogP contribution is -2.17. The molecule has 0 saturated carbocycles. The van der Waals surface area contributed by atoms with Crippen molar-refractivity contribution < 1.29 is 19.9 Å². The van der Waals surface area contributed by atoms with Crippen molar-refractivity contribution in [2.75, 3.05) is 0 Å². The van der Waals surface area contributed by atoms with Gasteiger partial charge in [-0.05, 0) is 18.2 Å². The van der Waals surface area contributed by atoms with Gasteiger partial charge in [-0.15, -0.1) is 0 Å². The van der Waals surface area contributed by atoms with Gasteiger partial charge in [0.05, 0.1) is 16.7 Å². The van der Waals surface area contributed by atoms with E-state index in [4.69, 9.17) is 0 Å². The smallest absolute Gasteiger partial charge is 0.311 e. The van der Waals surface area contributed by atoms with Crippen LogP contribution in [0.15, 0.2) is 47.6 Å². The second-order valence-electron chi connectivity index (χ2n) is 4.19. The number of benzene rings is 2. The molecule has 8 heteroatoms. The second kappa shape index (κ2) is 6.35. The standard InChI is InChI=1S/C14H11N3O5/c18-12-7-2-1-5-10(12)14(20)16-15-8-9-4-3-6-11(13(9)19)17(21)22/h1-8,18-19H,(H,16,20)/b15-8+. The number of carbonyl (C=O) groups is 1. The van der Waals surface area contributed by atoms with Crippen LogP contribution in [0.2, 0.25) is 0 Å². The largest absolute Gasteiger partial charge is 0.507 e. The monoisotopic (exact) mass is 301 g/mol. The average Bonchev–Trinajstić information content (AvgIpc) is 2.49. The molecule has 0 unspecified atom stereocenters. The fourth-order valence-electron chi connectivity index (χ4n) is 1.69. The summed E-state index contributed by atoms with van der Waals surface area (Å²) in [4.78, 5) is 21.7. The van der Waals surface area contributed by atoms with Crippen molar-refractivity contribution in [3.05, 3.63) is 63.7 Å². The maximum atomic E-state index is 11.8. The number of phenols is 2. The zero-order valence-electron chi connectivity index (χ0n) is 11.1. The number of para-hydroxylation sites is 2. The molecule has 0 atom stereocenters. The molecule has 0 bridgehead atoms. The molecule has 0 radical (unpaired) electrons. The Morgan fingerprint density at radius 2 is 1.91 bits per heavy atom. The van der Waals surface area contributed by atoms with Crippen molar-refractivity contribution in [2.24, 2.45) is 5.10 Å². The third kappa shape index (κ3) is 3.18. The number of nitrogens with zero attached hydrogens (tertiary/aromatic N) is 2. The van der Waals surface area contributed by atoms with Crippen molar-refractivity contribution in [2.45, 2.75) is 0 Å². The fourth-order valence-corrected chi connectivity index (χ4v) is 1.69. The molecule has 0 aliphatic heterocycles. The summed E-state index contributed by atoms with van der Waals surface area (Å²) in [5, 5.41) is 33.5. The Morgan fingerprint density at radius 1 is 1.18 bits per heavy atom. The lowest BCUT2D eigenvalue weighted by atomic mass is 10.2. The van der Waals surface area contributed by atoms with Gasteiger partial charge in [0.2, 0.25) is 5.75 Å². The number of rotatable bonds is 4. The van der Waals surface area contributed by atoms with Crippen molar-refractivity contribution in [3.8, 4) is 11.5 Å². The van der Waals surface area contributed by atoms with Gasteiger partial charge in [-0.25, -0.2) is 5.43 Å². The highest BCUT2D eigenvalue weighted by Crippen LogP contribution is 2.27. The Labute approximate surface area is 124 Å². The van der Waals surface area contributed by atoms with E-state index in [0.29, 0.717) is 0 Å². The molecule has 112 valence electrons. The summed E-state index contributed by atoms with van der Waals surface area (Å²) in [7, 11) is 0. The van der Waals surface area contributed by atoms with E-state index in [1.807, 2.05) is 0 Å². The molecule has 1 amide bonds. The van der Waals surface area contributed by atoms with E-state index < -0.39 is 22.3 Å². The van der Waals surface area contributed by atoms with Crippen molar-refractivity contribution in [1.29, 1.82) is 0 Å². The van der Waals surface area contributed by atoms with Gasteiger partial charge >= 0.3 is 5.69 Å². The fraction of sp³-hybridized carbons (Fsp3) is 0. The highest BCUT2D eigenvalue weighted by Gasteiger charge is 2.15. The number of nitrogens with one attached hydrogen (secondary N) is 1. The van der Waals surface area contributed by atoms with Gasteiger partial charge in [-0.2, -0.15) is 5.10 Å². The van der Waals surface area contributed by atoms with E-state index in [9.17, 15) is 25.1 Å². The predicted molar refractivity (Wildman–Crippen MR) is 77.9 cm³/mol. The third-order valence-corrected chi connectivity index (χ3v) is 2.76. The van der Waals surface area contributed by atoms with Crippen LogP contribution in [0.5, 0.6) is 11.5 Å². The van der Waals surface area contributed by atoms with E-state index in [0.717, 1.165) is 12.3 Å². The minimum Gasteiger partial charge on any atom is -0.507 e. The molecule has 0 saturated heterocycles. The molecule has 2 aromatic rings. The molecule has 22 heavy (non-hydrogen) atoms. The maximum absolute atomic E-state index is 11.8. The number of carbonyl (C=O) groups excluding carboxylic acids is 1.